The number of non-ortho nitro benzene ring substituents is 1. The monoisotopic (exact) mass is 489 g/mol. The Morgan fingerprint density at radius 1 is 1.03 bits per heavy atom. The zero-order valence-corrected chi connectivity index (χ0v) is 19.1. The van der Waals surface area contributed by atoms with Gasteiger partial charge in [-0.2, -0.15) is 0 Å². The molecule has 1 N–H and O–H groups in total. The summed E-state index contributed by atoms with van der Waals surface area (Å²) in [5.74, 6) is -0.479. The van der Waals surface area contributed by atoms with Crippen LogP contribution in [-0.4, -0.2) is 33.5 Å². The largest absolute Gasteiger partial charge is 0.483 e. The maximum atomic E-state index is 12.9. The quantitative estimate of drug-likeness (QED) is 0.273. The smallest absolute Gasteiger partial charge is 0.293 e. The summed E-state index contributed by atoms with van der Waals surface area (Å²) in [6.07, 6.45) is 1.53. The van der Waals surface area contributed by atoms with Gasteiger partial charge in [-0.3, -0.25) is 29.4 Å². The van der Waals surface area contributed by atoms with Gasteiger partial charge in [-0.05, 0) is 41.6 Å². The van der Waals surface area contributed by atoms with Gasteiger partial charge in [0.15, 0.2) is 6.61 Å². The zero-order chi connectivity index (χ0) is 24.8. The van der Waals surface area contributed by atoms with Crippen molar-refractivity contribution >= 4 is 46.3 Å². The number of rotatable bonds is 8. The van der Waals surface area contributed by atoms with Crippen LogP contribution in [0, 0.1) is 10.1 Å². The molecule has 0 aliphatic carbocycles. The van der Waals surface area contributed by atoms with Crippen molar-refractivity contribution in [2.75, 3.05) is 11.9 Å². The maximum Gasteiger partial charge on any atom is 0.293 e. The molecule has 35 heavy (non-hydrogen) atoms. The van der Waals surface area contributed by atoms with Crippen molar-refractivity contribution in [2.45, 2.75) is 6.54 Å². The Labute approximate surface area is 204 Å². The van der Waals surface area contributed by atoms with E-state index < -0.39 is 16.1 Å². The molecule has 1 saturated heterocycles. The van der Waals surface area contributed by atoms with Crippen molar-refractivity contribution in [3.05, 3.63) is 105 Å². The predicted octanol–water partition coefficient (Wildman–Crippen LogP) is 4.85. The molecular formula is C25H19N3O6S. The number of nitro benzene ring substituents is 1. The summed E-state index contributed by atoms with van der Waals surface area (Å²) in [6.45, 7) is -0.324. The molecule has 176 valence electrons. The summed E-state index contributed by atoms with van der Waals surface area (Å²) in [7, 11) is 0. The number of para-hydroxylation sites is 2. The van der Waals surface area contributed by atoms with Crippen LogP contribution in [0.25, 0.3) is 6.08 Å². The van der Waals surface area contributed by atoms with Gasteiger partial charge in [0, 0.05) is 23.4 Å². The Balaban J connectivity index is 1.45. The molecule has 0 spiro atoms. The summed E-state index contributed by atoms with van der Waals surface area (Å²) in [5.41, 5.74) is 1.52. The lowest BCUT2D eigenvalue weighted by molar-refractivity contribution is -0.384. The Bertz CT molecular complexity index is 1330. The van der Waals surface area contributed by atoms with Crippen LogP contribution >= 0.6 is 11.8 Å². The second kappa shape index (κ2) is 10.7. The van der Waals surface area contributed by atoms with Crippen LogP contribution in [0.3, 0.4) is 0 Å². The number of anilines is 1. The Morgan fingerprint density at radius 2 is 1.77 bits per heavy atom. The zero-order valence-electron chi connectivity index (χ0n) is 18.2. The molecule has 1 aliphatic rings. The van der Waals surface area contributed by atoms with Crippen LogP contribution in [0.1, 0.15) is 11.1 Å². The number of thioether (sulfide) groups is 1. The van der Waals surface area contributed by atoms with Crippen molar-refractivity contribution < 1.29 is 24.0 Å². The number of imide groups is 1. The number of ether oxygens (including phenoxy) is 1. The Hall–Kier alpha value is -4.44. The molecule has 9 nitrogen and oxygen atoms in total. The first-order valence-electron chi connectivity index (χ1n) is 10.5. The summed E-state index contributed by atoms with van der Waals surface area (Å²) in [5, 5.41) is 13.2. The van der Waals surface area contributed by atoms with E-state index in [-0.39, 0.29) is 29.7 Å². The lowest BCUT2D eigenvalue weighted by Crippen LogP contribution is -2.27. The lowest BCUT2D eigenvalue weighted by atomic mass is 10.1. The number of amides is 3. The van der Waals surface area contributed by atoms with E-state index in [1.165, 1.54) is 24.3 Å². The third-order valence-electron chi connectivity index (χ3n) is 4.96. The molecule has 3 aromatic carbocycles. The second-order valence-electron chi connectivity index (χ2n) is 7.44. The standard InChI is InChI=1S/C25H19N3O6S/c29-23(26-19-9-2-1-3-10-19)16-34-21-12-5-4-8-18(21)14-22-24(30)27(25(31)35-22)15-17-7-6-11-20(13-17)28(32)33/h1-14H,15-16H2,(H,26,29)/b22-14+. The molecule has 0 radical (unpaired) electrons. The van der Waals surface area contributed by atoms with Gasteiger partial charge in [0.2, 0.25) is 0 Å². The van der Waals surface area contributed by atoms with E-state index in [9.17, 15) is 24.5 Å². The molecule has 10 heteroatoms. The number of benzene rings is 3. The molecule has 0 unspecified atom stereocenters. The third kappa shape index (κ3) is 5.92. The number of nitro groups is 1. The molecule has 0 bridgehead atoms. The van der Waals surface area contributed by atoms with Crippen molar-refractivity contribution in [1.82, 2.24) is 4.90 Å². The van der Waals surface area contributed by atoms with Crippen LogP contribution in [0.15, 0.2) is 83.8 Å². The fraction of sp³-hybridized carbons (Fsp3) is 0.0800. The highest BCUT2D eigenvalue weighted by Crippen LogP contribution is 2.35. The van der Waals surface area contributed by atoms with Gasteiger partial charge in [0.05, 0.1) is 16.4 Å². The number of nitrogens with zero attached hydrogens (tertiary/aromatic N) is 2. The first kappa shape index (κ1) is 23.7. The summed E-state index contributed by atoms with van der Waals surface area (Å²) in [6, 6.07) is 21.6. The topological polar surface area (TPSA) is 119 Å². The van der Waals surface area contributed by atoms with E-state index >= 15 is 0 Å². The van der Waals surface area contributed by atoms with Gasteiger partial charge in [-0.25, -0.2) is 0 Å². The maximum absolute atomic E-state index is 12.9. The number of hydrogen-bond acceptors (Lipinski definition) is 7. The highest BCUT2D eigenvalue weighted by molar-refractivity contribution is 8.18. The van der Waals surface area contributed by atoms with Crippen LogP contribution in [0.5, 0.6) is 5.75 Å². The fourth-order valence-corrected chi connectivity index (χ4v) is 4.15. The molecular weight excluding hydrogens is 470 g/mol. The Morgan fingerprint density at radius 3 is 2.54 bits per heavy atom. The summed E-state index contributed by atoms with van der Waals surface area (Å²) in [4.78, 5) is 49.3. The first-order chi connectivity index (χ1) is 16.9. The van der Waals surface area contributed by atoms with Gasteiger partial charge in [-0.1, -0.05) is 48.5 Å². The molecule has 0 aromatic heterocycles. The van der Waals surface area contributed by atoms with E-state index in [0.29, 0.717) is 22.6 Å². The van der Waals surface area contributed by atoms with Crippen LogP contribution in [-0.2, 0) is 16.1 Å². The van der Waals surface area contributed by atoms with E-state index in [1.54, 1.807) is 54.6 Å². The lowest BCUT2D eigenvalue weighted by Gasteiger charge is -2.12. The summed E-state index contributed by atoms with van der Waals surface area (Å²) >= 11 is 0.771. The van der Waals surface area contributed by atoms with Gasteiger partial charge in [-0.15, -0.1) is 0 Å². The number of nitrogens with one attached hydrogen (secondary N) is 1. The number of hydrogen-bond donors (Lipinski definition) is 1. The normalized spacial score (nSPS) is 14.3. The minimum atomic E-state index is -0.533. The van der Waals surface area contributed by atoms with E-state index in [0.717, 1.165) is 16.7 Å². The molecule has 0 saturated carbocycles. The second-order valence-corrected chi connectivity index (χ2v) is 8.43. The summed E-state index contributed by atoms with van der Waals surface area (Å²) < 4.78 is 5.66. The van der Waals surface area contributed by atoms with Crippen LogP contribution < -0.4 is 10.1 Å². The highest BCUT2D eigenvalue weighted by atomic mass is 32.2. The Kier molecular flexibility index (Phi) is 7.22. The molecule has 1 aliphatic heterocycles. The van der Waals surface area contributed by atoms with Gasteiger partial charge in [0.25, 0.3) is 22.7 Å². The molecule has 3 aromatic rings. The first-order valence-corrected chi connectivity index (χ1v) is 11.3. The number of carbonyl (C=O) groups excluding carboxylic acids is 3. The molecule has 4 rings (SSSR count). The minimum Gasteiger partial charge on any atom is -0.483 e. The van der Waals surface area contributed by atoms with Crippen LogP contribution in [0.4, 0.5) is 16.2 Å². The number of carbonyl (C=O) groups is 3. The minimum absolute atomic E-state index is 0.0819. The van der Waals surface area contributed by atoms with E-state index in [1.807, 2.05) is 6.07 Å². The van der Waals surface area contributed by atoms with E-state index in [4.69, 9.17) is 4.74 Å². The van der Waals surface area contributed by atoms with Crippen molar-refractivity contribution in [3.8, 4) is 5.75 Å². The van der Waals surface area contributed by atoms with Crippen LogP contribution in [0.2, 0.25) is 0 Å². The van der Waals surface area contributed by atoms with Gasteiger partial charge in [0.1, 0.15) is 5.75 Å². The van der Waals surface area contributed by atoms with Gasteiger partial charge >= 0.3 is 0 Å². The predicted molar refractivity (Wildman–Crippen MR) is 132 cm³/mol. The molecule has 3 amide bonds. The average Bonchev–Trinajstić information content (AvgIpc) is 3.11. The molecule has 1 fully saturated rings. The fourth-order valence-electron chi connectivity index (χ4n) is 3.32. The molecule has 1 heterocycles. The molecule has 0 atom stereocenters. The van der Waals surface area contributed by atoms with Crippen molar-refractivity contribution in [2.24, 2.45) is 0 Å². The SMILES string of the molecule is O=C(COc1ccccc1/C=C1/SC(=O)N(Cc2cccc([N+](=O)[O-])c2)C1=O)Nc1ccccc1. The van der Waals surface area contributed by atoms with Crippen molar-refractivity contribution in [1.29, 1.82) is 0 Å². The van der Waals surface area contributed by atoms with Gasteiger partial charge < -0.3 is 10.1 Å². The average molecular weight is 490 g/mol. The van der Waals surface area contributed by atoms with Crippen molar-refractivity contribution in [3.63, 3.8) is 0 Å². The van der Waals surface area contributed by atoms with E-state index in [2.05, 4.69) is 5.32 Å². The highest BCUT2D eigenvalue weighted by Gasteiger charge is 2.35. The third-order valence-corrected chi connectivity index (χ3v) is 5.86.